The topological polar surface area (TPSA) is 45.2 Å². The monoisotopic (exact) mass is 255 g/mol. The van der Waals surface area contributed by atoms with Gasteiger partial charge in [0.2, 0.25) is 0 Å². The summed E-state index contributed by atoms with van der Waals surface area (Å²) in [5, 5.41) is 2.87. The Bertz CT molecular complexity index is 576. The van der Waals surface area contributed by atoms with E-state index in [-0.39, 0.29) is 5.91 Å². The number of rotatable bonds is 3. The van der Waals surface area contributed by atoms with Crippen LogP contribution in [0.25, 0.3) is 0 Å². The second-order valence-corrected chi connectivity index (χ2v) is 4.59. The summed E-state index contributed by atoms with van der Waals surface area (Å²) in [6, 6.07) is 9.53. The van der Waals surface area contributed by atoms with Crippen LogP contribution in [0.4, 0.5) is 11.4 Å². The molecule has 0 atom stereocenters. The maximum absolute atomic E-state index is 12.1. The van der Waals surface area contributed by atoms with Crippen LogP contribution in [-0.4, -0.2) is 25.0 Å². The lowest BCUT2D eigenvalue weighted by Gasteiger charge is -2.13. The summed E-state index contributed by atoms with van der Waals surface area (Å²) in [5.41, 5.74) is 3.38. The molecule has 0 bridgehead atoms. The van der Waals surface area contributed by atoms with Gasteiger partial charge in [-0.3, -0.25) is 9.78 Å². The molecule has 0 saturated heterocycles. The van der Waals surface area contributed by atoms with E-state index in [9.17, 15) is 4.79 Å². The number of anilines is 2. The molecule has 1 heterocycles. The van der Waals surface area contributed by atoms with E-state index in [1.165, 1.54) is 0 Å². The van der Waals surface area contributed by atoms with Crippen LogP contribution in [0.15, 0.2) is 42.7 Å². The number of aryl methyl sites for hydroxylation is 1. The first kappa shape index (κ1) is 13.1. The molecule has 0 spiro atoms. The zero-order chi connectivity index (χ0) is 13.8. The highest BCUT2D eigenvalue weighted by molar-refractivity contribution is 6.05. The van der Waals surface area contributed by atoms with Crippen molar-refractivity contribution in [2.45, 2.75) is 6.92 Å². The van der Waals surface area contributed by atoms with E-state index in [1.807, 2.05) is 56.3 Å². The van der Waals surface area contributed by atoms with Gasteiger partial charge in [-0.25, -0.2) is 0 Å². The van der Waals surface area contributed by atoms with E-state index in [4.69, 9.17) is 0 Å². The highest BCUT2D eigenvalue weighted by Crippen LogP contribution is 2.16. The Labute approximate surface area is 113 Å². The number of benzene rings is 1. The molecule has 0 aliphatic heterocycles. The summed E-state index contributed by atoms with van der Waals surface area (Å²) in [6.07, 6.45) is 3.26. The van der Waals surface area contributed by atoms with Crippen LogP contribution < -0.4 is 10.2 Å². The van der Waals surface area contributed by atoms with Crippen LogP contribution in [0.5, 0.6) is 0 Å². The normalized spacial score (nSPS) is 10.1. The van der Waals surface area contributed by atoms with Gasteiger partial charge in [0, 0.05) is 37.9 Å². The van der Waals surface area contributed by atoms with Crippen molar-refractivity contribution in [2.75, 3.05) is 24.3 Å². The highest BCUT2D eigenvalue weighted by Gasteiger charge is 2.09. The smallest absolute Gasteiger partial charge is 0.257 e. The molecule has 4 nitrogen and oxygen atoms in total. The van der Waals surface area contributed by atoms with Gasteiger partial charge in [0.05, 0.1) is 5.56 Å². The Balaban J connectivity index is 2.13. The standard InChI is InChI=1S/C15H17N3O/c1-11-8-9-16-10-14(11)15(19)17-12-4-6-13(7-5-12)18(2)3/h4-10H,1-3H3,(H,17,19). The molecule has 98 valence electrons. The number of carbonyl (C=O) groups excluding carboxylic acids is 1. The van der Waals surface area contributed by atoms with Gasteiger partial charge in [-0.15, -0.1) is 0 Å². The highest BCUT2D eigenvalue weighted by atomic mass is 16.1. The van der Waals surface area contributed by atoms with Gasteiger partial charge >= 0.3 is 0 Å². The molecule has 0 fully saturated rings. The summed E-state index contributed by atoms with van der Waals surface area (Å²) >= 11 is 0. The number of hydrogen-bond donors (Lipinski definition) is 1. The average Bonchev–Trinajstić information content (AvgIpc) is 2.39. The summed E-state index contributed by atoms with van der Waals surface area (Å²) < 4.78 is 0. The average molecular weight is 255 g/mol. The molecule has 1 aromatic heterocycles. The molecule has 4 heteroatoms. The van der Waals surface area contributed by atoms with Crippen molar-refractivity contribution >= 4 is 17.3 Å². The predicted molar refractivity (Wildman–Crippen MR) is 77.7 cm³/mol. The number of carbonyl (C=O) groups is 1. The molecular weight excluding hydrogens is 238 g/mol. The molecule has 2 aromatic rings. The molecule has 1 amide bonds. The number of amides is 1. The minimum atomic E-state index is -0.136. The molecule has 1 N–H and O–H groups in total. The Morgan fingerprint density at radius 2 is 1.84 bits per heavy atom. The quantitative estimate of drug-likeness (QED) is 0.917. The molecule has 0 aliphatic rings. The second kappa shape index (κ2) is 5.52. The Morgan fingerprint density at radius 3 is 2.42 bits per heavy atom. The Hall–Kier alpha value is -2.36. The van der Waals surface area contributed by atoms with Crippen LogP contribution >= 0.6 is 0 Å². The van der Waals surface area contributed by atoms with Crippen LogP contribution in [-0.2, 0) is 0 Å². The van der Waals surface area contributed by atoms with E-state index in [1.54, 1.807) is 12.4 Å². The van der Waals surface area contributed by atoms with Gasteiger partial charge in [-0.1, -0.05) is 0 Å². The van der Waals surface area contributed by atoms with Crippen molar-refractivity contribution in [2.24, 2.45) is 0 Å². The van der Waals surface area contributed by atoms with Crippen molar-refractivity contribution in [1.82, 2.24) is 4.98 Å². The fourth-order valence-corrected chi connectivity index (χ4v) is 1.74. The predicted octanol–water partition coefficient (Wildman–Crippen LogP) is 2.71. The lowest BCUT2D eigenvalue weighted by atomic mass is 10.1. The zero-order valence-electron chi connectivity index (χ0n) is 11.3. The van der Waals surface area contributed by atoms with Crippen LogP contribution in [0, 0.1) is 6.92 Å². The van der Waals surface area contributed by atoms with Crippen molar-refractivity contribution in [3.63, 3.8) is 0 Å². The third kappa shape index (κ3) is 3.10. The lowest BCUT2D eigenvalue weighted by Crippen LogP contribution is -2.14. The first-order valence-electron chi connectivity index (χ1n) is 6.07. The molecule has 2 rings (SSSR count). The van der Waals surface area contributed by atoms with E-state index in [2.05, 4.69) is 10.3 Å². The number of pyridine rings is 1. The summed E-state index contributed by atoms with van der Waals surface area (Å²) in [4.78, 5) is 18.1. The van der Waals surface area contributed by atoms with Crippen LogP contribution in [0.2, 0.25) is 0 Å². The van der Waals surface area contributed by atoms with E-state index >= 15 is 0 Å². The molecule has 0 unspecified atom stereocenters. The van der Waals surface area contributed by atoms with Crippen molar-refractivity contribution in [3.8, 4) is 0 Å². The maximum Gasteiger partial charge on any atom is 0.257 e. The molecule has 19 heavy (non-hydrogen) atoms. The Kier molecular flexibility index (Phi) is 3.80. The van der Waals surface area contributed by atoms with Gasteiger partial charge in [0.1, 0.15) is 0 Å². The maximum atomic E-state index is 12.1. The van der Waals surface area contributed by atoms with Crippen LogP contribution in [0.1, 0.15) is 15.9 Å². The number of nitrogens with zero attached hydrogens (tertiary/aromatic N) is 2. The van der Waals surface area contributed by atoms with Gasteiger partial charge in [0.15, 0.2) is 0 Å². The second-order valence-electron chi connectivity index (χ2n) is 4.59. The molecule has 0 aliphatic carbocycles. The number of nitrogens with one attached hydrogen (secondary N) is 1. The van der Waals surface area contributed by atoms with Gasteiger partial charge in [-0.05, 0) is 42.8 Å². The zero-order valence-corrected chi connectivity index (χ0v) is 11.3. The minimum Gasteiger partial charge on any atom is -0.378 e. The van der Waals surface area contributed by atoms with E-state index in [0.29, 0.717) is 5.56 Å². The molecule has 1 aromatic carbocycles. The first-order chi connectivity index (χ1) is 9.08. The van der Waals surface area contributed by atoms with Crippen LogP contribution in [0.3, 0.4) is 0 Å². The first-order valence-corrected chi connectivity index (χ1v) is 6.07. The van der Waals surface area contributed by atoms with Crippen molar-refractivity contribution in [1.29, 1.82) is 0 Å². The minimum absolute atomic E-state index is 0.136. The lowest BCUT2D eigenvalue weighted by molar-refractivity contribution is 0.102. The Morgan fingerprint density at radius 1 is 1.16 bits per heavy atom. The largest absolute Gasteiger partial charge is 0.378 e. The van der Waals surface area contributed by atoms with E-state index in [0.717, 1.165) is 16.9 Å². The van der Waals surface area contributed by atoms with Gasteiger partial charge in [0.25, 0.3) is 5.91 Å². The summed E-state index contributed by atoms with van der Waals surface area (Å²) in [6.45, 7) is 1.89. The fourth-order valence-electron chi connectivity index (χ4n) is 1.74. The van der Waals surface area contributed by atoms with Crippen molar-refractivity contribution in [3.05, 3.63) is 53.9 Å². The third-order valence-electron chi connectivity index (χ3n) is 2.93. The van der Waals surface area contributed by atoms with Crippen molar-refractivity contribution < 1.29 is 4.79 Å². The SMILES string of the molecule is Cc1ccncc1C(=O)Nc1ccc(N(C)C)cc1. The number of hydrogen-bond acceptors (Lipinski definition) is 3. The van der Waals surface area contributed by atoms with E-state index < -0.39 is 0 Å². The van der Waals surface area contributed by atoms with Gasteiger partial charge in [-0.2, -0.15) is 0 Å². The number of aromatic nitrogens is 1. The summed E-state index contributed by atoms with van der Waals surface area (Å²) in [7, 11) is 3.96. The molecular formula is C15H17N3O. The summed E-state index contributed by atoms with van der Waals surface area (Å²) in [5.74, 6) is -0.136. The fraction of sp³-hybridized carbons (Fsp3) is 0.200. The molecule has 0 saturated carbocycles. The third-order valence-corrected chi connectivity index (χ3v) is 2.93. The molecule has 0 radical (unpaired) electrons. The van der Waals surface area contributed by atoms with Gasteiger partial charge < -0.3 is 10.2 Å².